The number of aromatic hydroxyl groups is 1. The summed E-state index contributed by atoms with van der Waals surface area (Å²) < 4.78 is 5.68. The van der Waals surface area contributed by atoms with Crippen LogP contribution in [0, 0.1) is 3.57 Å². The molecule has 4 N–H and O–H groups in total. The van der Waals surface area contributed by atoms with Gasteiger partial charge in [0.1, 0.15) is 0 Å². The number of nitrogens with zero attached hydrogens (tertiary/aromatic N) is 1. The van der Waals surface area contributed by atoms with Crippen molar-refractivity contribution < 1.29 is 9.84 Å². The van der Waals surface area contributed by atoms with Crippen molar-refractivity contribution in [2.75, 3.05) is 7.11 Å². The molecule has 1 rings (SSSR count). The lowest BCUT2D eigenvalue weighted by atomic mass is 10.2. The molecule has 16 heavy (non-hydrogen) atoms. The Labute approximate surface area is 112 Å². The zero-order valence-corrected chi connectivity index (χ0v) is 11.4. The van der Waals surface area contributed by atoms with E-state index in [1.807, 2.05) is 22.6 Å². The SMILES string of the molecule is COc1cc(/C=N\NC(N)=S)cc(I)c1O. The molecule has 0 heterocycles. The van der Waals surface area contributed by atoms with E-state index in [0.29, 0.717) is 9.32 Å². The Morgan fingerprint density at radius 1 is 1.69 bits per heavy atom. The van der Waals surface area contributed by atoms with Crippen LogP contribution in [0.15, 0.2) is 17.2 Å². The quantitative estimate of drug-likeness (QED) is 0.330. The van der Waals surface area contributed by atoms with Gasteiger partial charge in [0.25, 0.3) is 0 Å². The summed E-state index contributed by atoms with van der Waals surface area (Å²) in [4.78, 5) is 0. The first kappa shape index (κ1) is 13.0. The number of ether oxygens (including phenoxy) is 1. The zero-order valence-electron chi connectivity index (χ0n) is 8.40. The lowest BCUT2D eigenvalue weighted by Crippen LogP contribution is -2.23. The number of hydrogen-bond acceptors (Lipinski definition) is 4. The summed E-state index contributed by atoms with van der Waals surface area (Å²) in [6.07, 6.45) is 1.53. The molecule has 0 saturated carbocycles. The number of nitrogens with one attached hydrogen (secondary N) is 1. The highest BCUT2D eigenvalue weighted by Gasteiger charge is 2.07. The van der Waals surface area contributed by atoms with Crippen LogP contribution in [0.2, 0.25) is 0 Å². The highest BCUT2D eigenvalue weighted by molar-refractivity contribution is 14.1. The minimum absolute atomic E-state index is 0.0942. The fraction of sp³-hybridized carbons (Fsp3) is 0.111. The predicted molar refractivity (Wildman–Crippen MR) is 74.9 cm³/mol. The van der Waals surface area contributed by atoms with Gasteiger partial charge in [-0.15, -0.1) is 0 Å². The van der Waals surface area contributed by atoms with Crippen molar-refractivity contribution >= 4 is 46.1 Å². The first-order chi connectivity index (χ1) is 7.54. The van der Waals surface area contributed by atoms with Gasteiger partial charge in [0.05, 0.1) is 16.9 Å². The predicted octanol–water partition coefficient (Wildman–Crippen LogP) is 1.17. The maximum atomic E-state index is 9.60. The van der Waals surface area contributed by atoms with Crippen molar-refractivity contribution in [3.8, 4) is 11.5 Å². The van der Waals surface area contributed by atoms with Crippen molar-refractivity contribution in [2.45, 2.75) is 0 Å². The molecule has 0 fully saturated rings. The molecule has 1 aromatic carbocycles. The molecule has 0 saturated heterocycles. The standard InChI is InChI=1S/C9H10IN3O2S/c1-15-7-3-5(2-6(10)8(7)14)4-12-13-9(11)16/h2-4,14H,1H3,(H3,11,13,16)/b12-4-. The van der Waals surface area contributed by atoms with Crippen molar-refractivity contribution in [3.63, 3.8) is 0 Å². The van der Waals surface area contributed by atoms with E-state index in [0.717, 1.165) is 5.56 Å². The van der Waals surface area contributed by atoms with Gasteiger partial charge in [-0.3, -0.25) is 5.43 Å². The molecular weight excluding hydrogens is 341 g/mol. The van der Waals surface area contributed by atoms with Crippen LogP contribution in [0.25, 0.3) is 0 Å². The lowest BCUT2D eigenvalue weighted by Gasteiger charge is -2.06. The van der Waals surface area contributed by atoms with Gasteiger partial charge in [-0.1, -0.05) is 0 Å². The first-order valence-corrected chi connectivity index (χ1v) is 5.68. The van der Waals surface area contributed by atoms with Crippen LogP contribution >= 0.6 is 34.8 Å². The summed E-state index contributed by atoms with van der Waals surface area (Å²) in [6, 6.07) is 3.41. The Kier molecular flexibility index (Phi) is 4.74. The van der Waals surface area contributed by atoms with E-state index < -0.39 is 0 Å². The van der Waals surface area contributed by atoms with Crippen LogP contribution in [0.5, 0.6) is 11.5 Å². The van der Waals surface area contributed by atoms with E-state index in [4.69, 9.17) is 10.5 Å². The molecule has 0 aliphatic carbocycles. The van der Waals surface area contributed by atoms with Gasteiger partial charge in [-0.05, 0) is 52.5 Å². The number of phenolic OH excluding ortho intramolecular Hbond substituents is 1. The number of thiocarbonyl (C=S) groups is 1. The van der Waals surface area contributed by atoms with Crippen LogP contribution in [-0.2, 0) is 0 Å². The van der Waals surface area contributed by atoms with Gasteiger partial charge in [-0.2, -0.15) is 5.10 Å². The Bertz CT molecular complexity index is 437. The zero-order chi connectivity index (χ0) is 12.1. The molecule has 0 bridgehead atoms. The van der Waals surface area contributed by atoms with E-state index in [-0.39, 0.29) is 10.9 Å². The summed E-state index contributed by atoms with van der Waals surface area (Å²) in [5.41, 5.74) is 8.41. The molecule has 0 aromatic heterocycles. The number of hydrogen-bond donors (Lipinski definition) is 3. The smallest absolute Gasteiger partial charge is 0.184 e. The summed E-state index contributed by atoms with van der Waals surface area (Å²) in [5.74, 6) is 0.506. The largest absolute Gasteiger partial charge is 0.504 e. The molecule has 7 heteroatoms. The summed E-state index contributed by atoms with van der Waals surface area (Å²) in [6.45, 7) is 0. The third kappa shape index (κ3) is 3.49. The molecule has 1 aromatic rings. The van der Waals surface area contributed by atoms with Gasteiger partial charge in [0, 0.05) is 0 Å². The van der Waals surface area contributed by atoms with Gasteiger partial charge in [0.15, 0.2) is 16.6 Å². The maximum absolute atomic E-state index is 9.60. The molecular formula is C9H10IN3O2S. The van der Waals surface area contributed by atoms with Crippen molar-refractivity contribution in [2.24, 2.45) is 10.8 Å². The highest BCUT2D eigenvalue weighted by atomic mass is 127. The Morgan fingerprint density at radius 3 is 2.94 bits per heavy atom. The van der Waals surface area contributed by atoms with Gasteiger partial charge >= 0.3 is 0 Å². The monoisotopic (exact) mass is 351 g/mol. The molecule has 0 radical (unpaired) electrons. The molecule has 0 aliphatic rings. The van der Waals surface area contributed by atoms with E-state index in [9.17, 15) is 5.11 Å². The summed E-state index contributed by atoms with van der Waals surface area (Å²) in [5, 5.41) is 13.5. The normalized spacial score (nSPS) is 10.4. The van der Waals surface area contributed by atoms with Gasteiger partial charge in [-0.25, -0.2) is 0 Å². The number of nitrogens with two attached hydrogens (primary N) is 1. The van der Waals surface area contributed by atoms with E-state index >= 15 is 0 Å². The van der Waals surface area contributed by atoms with Crippen LogP contribution in [0.1, 0.15) is 5.56 Å². The van der Waals surface area contributed by atoms with Crippen LogP contribution in [0.4, 0.5) is 0 Å². The first-order valence-electron chi connectivity index (χ1n) is 4.19. The molecule has 0 unspecified atom stereocenters. The van der Waals surface area contributed by atoms with Crippen LogP contribution in [-0.4, -0.2) is 23.5 Å². The molecule has 5 nitrogen and oxygen atoms in total. The number of hydrazone groups is 1. The van der Waals surface area contributed by atoms with Gasteiger partial charge in [0.2, 0.25) is 0 Å². The molecule has 86 valence electrons. The highest BCUT2D eigenvalue weighted by Crippen LogP contribution is 2.31. The number of methoxy groups -OCH3 is 1. The topological polar surface area (TPSA) is 79.9 Å². The maximum Gasteiger partial charge on any atom is 0.184 e. The Hall–Kier alpha value is -1.09. The fourth-order valence-electron chi connectivity index (χ4n) is 0.994. The van der Waals surface area contributed by atoms with E-state index in [1.54, 1.807) is 12.1 Å². The van der Waals surface area contributed by atoms with Gasteiger partial charge < -0.3 is 15.6 Å². The number of halogens is 1. The number of rotatable bonds is 3. The molecule has 0 spiro atoms. The fourth-order valence-corrected chi connectivity index (χ4v) is 1.67. The average molecular weight is 351 g/mol. The number of benzene rings is 1. The molecule has 0 amide bonds. The second kappa shape index (κ2) is 5.85. The third-order valence-corrected chi connectivity index (χ3v) is 2.57. The van der Waals surface area contributed by atoms with Crippen molar-refractivity contribution in [1.82, 2.24) is 5.43 Å². The number of phenols is 1. The van der Waals surface area contributed by atoms with E-state index in [1.165, 1.54) is 13.3 Å². The Morgan fingerprint density at radius 2 is 2.38 bits per heavy atom. The second-order valence-electron chi connectivity index (χ2n) is 2.79. The molecule has 0 aliphatic heterocycles. The minimum atomic E-state index is 0.0942. The summed E-state index contributed by atoms with van der Waals surface area (Å²) >= 11 is 6.59. The molecule has 0 atom stereocenters. The van der Waals surface area contributed by atoms with Crippen molar-refractivity contribution in [1.29, 1.82) is 0 Å². The second-order valence-corrected chi connectivity index (χ2v) is 4.39. The average Bonchev–Trinajstić information content (AvgIpc) is 2.22. The summed E-state index contributed by atoms with van der Waals surface area (Å²) in [7, 11) is 1.49. The van der Waals surface area contributed by atoms with Crippen LogP contribution < -0.4 is 15.9 Å². The van der Waals surface area contributed by atoms with E-state index in [2.05, 4.69) is 22.7 Å². The minimum Gasteiger partial charge on any atom is -0.504 e. The lowest BCUT2D eigenvalue weighted by molar-refractivity contribution is 0.371. The van der Waals surface area contributed by atoms with Crippen LogP contribution in [0.3, 0.4) is 0 Å². The Balaban J connectivity index is 2.93. The van der Waals surface area contributed by atoms with Crippen molar-refractivity contribution in [3.05, 3.63) is 21.3 Å². The third-order valence-electron chi connectivity index (χ3n) is 1.66.